The molecule has 1 rings (SSSR count). The summed E-state index contributed by atoms with van der Waals surface area (Å²) in [7, 11) is 0. The van der Waals surface area contributed by atoms with Crippen molar-refractivity contribution in [3.63, 3.8) is 0 Å². The summed E-state index contributed by atoms with van der Waals surface area (Å²) >= 11 is 0. The zero-order valence-corrected chi connectivity index (χ0v) is 8.23. The van der Waals surface area contributed by atoms with E-state index in [9.17, 15) is 8.78 Å². The molecule has 0 spiro atoms. The Morgan fingerprint density at radius 3 is 2.50 bits per heavy atom. The van der Waals surface area contributed by atoms with Crippen molar-refractivity contribution < 1.29 is 13.9 Å². The van der Waals surface area contributed by atoms with Gasteiger partial charge in [-0.25, -0.2) is 8.78 Å². The van der Waals surface area contributed by atoms with Crippen molar-refractivity contribution in [1.82, 2.24) is 0 Å². The second-order valence-electron chi connectivity index (χ2n) is 2.82. The van der Waals surface area contributed by atoms with Gasteiger partial charge in [-0.05, 0) is 23.3 Å². The highest BCUT2D eigenvalue weighted by Crippen LogP contribution is 2.15. The third kappa shape index (κ3) is 3.21. The summed E-state index contributed by atoms with van der Waals surface area (Å²) in [6.07, 6.45) is 0. The first-order valence-corrected chi connectivity index (χ1v) is 3.89. The SMILES string of the molecule is Cl.N[C@H](CO)c1cc(F)cc(CF)c1. The van der Waals surface area contributed by atoms with E-state index in [1.54, 1.807) is 0 Å². The zero-order valence-electron chi connectivity index (χ0n) is 7.41. The van der Waals surface area contributed by atoms with Crippen molar-refractivity contribution in [1.29, 1.82) is 0 Å². The van der Waals surface area contributed by atoms with E-state index in [1.807, 2.05) is 0 Å². The largest absolute Gasteiger partial charge is 0.394 e. The van der Waals surface area contributed by atoms with Crippen LogP contribution < -0.4 is 5.73 Å². The van der Waals surface area contributed by atoms with Crippen molar-refractivity contribution in [2.75, 3.05) is 6.61 Å². The normalized spacial score (nSPS) is 12.0. The van der Waals surface area contributed by atoms with Gasteiger partial charge in [-0.2, -0.15) is 0 Å². The second kappa shape index (κ2) is 5.90. The molecule has 0 saturated carbocycles. The van der Waals surface area contributed by atoms with Gasteiger partial charge in [-0.1, -0.05) is 6.07 Å². The van der Waals surface area contributed by atoms with E-state index in [0.29, 0.717) is 5.56 Å². The molecule has 0 radical (unpaired) electrons. The van der Waals surface area contributed by atoms with Crippen LogP contribution in [0.2, 0.25) is 0 Å². The molecule has 14 heavy (non-hydrogen) atoms. The maximum atomic E-state index is 12.8. The molecule has 3 N–H and O–H groups in total. The van der Waals surface area contributed by atoms with Crippen LogP contribution in [0.1, 0.15) is 17.2 Å². The molecule has 5 heteroatoms. The lowest BCUT2D eigenvalue weighted by atomic mass is 10.1. The number of halogens is 3. The number of benzene rings is 1. The third-order valence-corrected chi connectivity index (χ3v) is 1.76. The van der Waals surface area contributed by atoms with Crippen LogP contribution in [0.25, 0.3) is 0 Å². The molecule has 80 valence electrons. The van der Waals surface area contributed by atoms with Gasteiger partial charge in [-0.3, -0.25) is 0 Å². The maximum Gasteiger partial charge on any atom is 0.123 e. The highest BCUT2D eigenvalue weighted by molar-refractivity contribution is 5.85. The van der Waals surface area contributed by atoms with E-state index >= 15 is 0 Å². The molecule has 0 amide bonds. The fourth-order valence-electron chi connectivity index (χ4n) is 1.07. The summed E-state index contributed by atoms with van der Waals surface area (Å²) in [5, 5.41) is 8.70. The Hall–Kier alpha value is -0.710. The third-order valence-electron chi connectivity index (χ3n) is 1.76. The lowest BCUT2D eigenvalue weighted by Crippen LogP contribution is -2.14. The Morgan fingerprint density at radius 2 is 2.00 bits per heavy atom. The van der Waals surface area contributed by atoms with Crippen LogP contribution in [0.5, 0.6) is 0 Å². The molecular formula is C9H12ClF2NO. The maximum absolute atomic E-state index is 12.8. The van der Waals surface area contributed by atoms with Gasteiger partial charge in [0.1, 0.15) is 12.5 Å². The Balaban J connectivity index is 0.00000169. The minimum absolute atomic E-state index is 0. The van der Waals surface area contributed by atoms with Crippen LogP contribution in [-0.4, -0.2) is 11.7 Å². The number of rotatable bonds is 3. The van der Waals surface area contributed by atoms with E-state index in [2.05, 4.69) is 0 Å². The van der Waals surface area contributed by atoms with Crippen LogP contribution in [0.3, 0.4) is 0 Å². The molecule has 1 aromatic carbocycles. The predicted molar refractivity (Wildman–Crippen MR) is 52.5 cm³/mol. The molecule has 0 heterocycles. The second-order valence-corrected chi connectivity index (χ2v) is 2.82. The van der Waals surface area contributed by atoms with Crippen molar-refractivity contribution in [2.45, 2.75) is 12.7 Å². The van der Waals surface area contributed by atoms with E-state index in [4.69, 9.17) is 10.8 Å². The number of alkyl halides is 1. The summed E-state index contributed by atoms with van der Waals surface area (Å²) in [5.41, 5.74) is 6.09. The average molecular weight is 224 g/mol. The molecule has 0 aliphatic heterocycles. The Morgan fingerprint density at radius 1 is 1.36 bits per heavy atom. The van der Waals surface area contributed by atoms with E-state index < -0.39 is 18.5 Å². The lowest BCUT2D eigenvalue weighted by molar-refractivity contribution is 0.267. The van der Waals surface area contributed by atoms with Gasteiger partial charge in [0.25, 0.3) is 0 Å². The van der Waals surface area contributed by atoms with Gasteiger partial charge < -0.3 is 10.8 Å². The van der Waals surface area contributed by atoms with Crippen LogP contribution in [0.4, 0.5) is 8.78 Å². The minimum atomic E-state index is -0.733. The topological polar surface area (TPSA) is 46.2 Å². The van der Waals surface area contributed by atoms with E-state index in [-0.39, 0.29) is 24.6 Å². The van der Waals surface area contributed by atoms with Gasteiger partial charge in [0.15, 0.2) is 0 Å². The highest BCUT2D eigenvalue weighted by atomic mass is 35.5. The van der Waals surface area contributed by atoms with Crippen molar-refractivity contribution in [3.05, 3.63) is 35.1 Å². The number of nitrogens with two attached hydrogens (primary N) is 1. The highest BCUT2D eigenvalue weighted by Gasteiger charge is 2.07. The molecule has 0 fully saturated rings. The van der Waals surface area contributed by atoms with Crippen LogP contribution in [-0.2, 0) is 6.67 Å². The summed E-state index contributed by atoms with van der Waals surface area (Å²) in [5.74, 6) is -0.533. The van der Waals surface area contributed by atoms with Crippen molar-refractivity contribution in [3.8, 4) is 0 Å². The Bertz CT molecular complexity index is 296. The fraction of sp³-hybridized carbons (Fsp3) is 0.333. The zero-order chi connectivity index (χ0) is 9.84. The summed E-state index contributed by atoms with van der Waals surface area (Å²) < 4.78 is 25.0. The van der Waals surface area contributed by atoms with Gasteiger partial charge in [0.05, 0.1) is 12.6 Å². The molecular weight excluding hydrogens is 212 g/mol. The van der Waals surface area contributed by atoms with E-state index in [1.165, 1.54) is 12.1 Å². The van der Waals surface area contributed by atoms with Gasteiger partial charge in [0, 0.05) is 0 Å². The lowest BCUT2D eigenvalue weighted by Gasteiger charge is -2.09. The molecule has 0 aromatic heterocycles. The summed E-state index contributed by atoms with van der Waals surface area (Å²) in [4.78, 5) is 0. The fourth-order valence-corrected chi connectivity index (χ4v) is 1.07. The van der Waals surface area contributed by atoms with Gasteiger partial charge >= 0.3 is 0 Å². The summed E-state index contributed by atoms with van der Waals surface area (Å²) in [6.45, 7) is -1.02. The first kappa shape index (κ1) is 13.3. The van der Waals surface area contributed by atoms with Crippen molar-refractivity contribution in [2.24, 2.45) is 5.73 Å². The first-order chi connectivity index (χ1) is 6.17. The van der Waals surface area contributed by atoms with Gasteiger partial charge in [-0.15, -0.1) is 12.4 Å². The first-order valence-electron chi connectivity index (χ1n) is 3.89. The minimum Gasteiger partial charge on any atom is -0.394 e. The predicted octanol–water partition coefficient (Wildman–Crippen LogP) is 1.71. The molecule has 2 nitrogen and oxygen atoms in total. The van der Waals surface area contributed by atoms with Crippen LogP contribution in [0, 0.1) is 5.82 Å². The standard InChI is InChI=1S/C9H11F2NO.ClH/c10-4-6-1-7(9(12)5-13)3-8(11)2-6;/h1-3,9,13H,4-5,12H2;1H/t9-;/m1./s1. The Kier molecular flexibility index (Phi) is 5.60. The average Bonchev–Trinajstić information content (AvgIpc) is 2.15. The molecule has 0 saturated heterocycles. The Labute approximate surface area is 87.1 Å². The molecule has 1 aromatic rings. The monoisotopic (exact) mass is 223 g/mol. The molecule has 0 aliphatic rings. The molecule has 0 bridgehead atoms. The quantitative estimate of drug-likeness (QED) is 0.820. The molecule has 0 unspecified atom stereocenters. The molecule has 1 atom stereocenters. The smallest absolute Gasteiger partial charge is 0.123 e. The number of hydrogen-bond donors (Lipinski definition) is 2. The molecule has 0 aliphatic carbocycles. The summed E-state index contributed by atoms with van der Waals surface area (Å²) in [6, 6.07) is 3.10. The van der Waals surface area contributed by atoms with E-state index in [0.717, 1.165) is 6.07 Å². The number of hydrogen-bond acceptors (Lipinski definition) is 2. The van der Waals surface area contributed by atoms with Crippen LogP contribution in [0.15, 0.2) is 18.2 Å². The van der Waals surface area contributed by atoms with Gasteiger partial charge in [0.2, 0.25) is 0 Å². The number of aliphatic hydroxyl groups excluding tert-OH is 1. The van der Waals surface area contributed by atoms with Crippen LogP contribution >= 0.6 is 12.4 Å². The van der Waals surface area contributed by atoms with Crippen molar-refractivity contribution >= 4 is 12.4 Å². The number of aliphatic hydroxyl groups is 1.